The van der Waals surface area contributed by atoms with Crippen LogP contribution in [-0.4, -0.2) is 9.97 Å². The van der Waals surface area contributed by atoms with E-state index in [0.717, 1.165) is 29.1 Å². The summed E-state index contributed by atoms with van der Waals surface area (Å²) in [5, 5.41) is 0. The summed E-state index contributed by atoms with van der Waals surface area (Å²) in [6.07, 6.45) is 2.72. The Kier molecular flexibility index (Phi) is 3.49. The molecule has 1 heterocycles. The van der Waals surface area contributed by atoms with E-state index >= 15 is 0 Å². The van der Waals surface area contributed by atoms with Gasteiger partial charge in [-0.05, 0) is 13.3 Å². The fourth-order valence-electron chi connectivity index (χ4n) is 1.76. The number of hydrogen-bond donors (Lipinski definition) is 1. The first-order valence-corrected chi connectivity index (χ1v) is 5.86. The summed E-state index contributed by atoms with van der Waals surface area (Å²) in [7, 11) is 0. The van der Waals surface area contributed by atoms with Crippen molar-refractivity contribution in [3.8, 4) is 11.4 Å². The van der Waals surface area contributed by atoms with Crippen LogP contribution in [0.5, 0.6) is 0 Å². The summed E-state index contributed by atoms with van der Waals surface area (Å²) >= 11 is 0. The number of nitrogens with two attached hydrogens (primary N) is 1. The molecule has 0 saturated carbocycles. The Balaban J connectivity index is 2.42. The minimum atomic E-state index is 0.497. The van der Waals surface area contributed by atoms with Gasteiger partial charge in [0.25, 0.3) is 0 Å². The molecule has 0 unspecified atom stereocenters. The molecule has 0 saturated heterocycles. The summed E-state index contributed by atoms with van der Waals surface area (Å²) < 4.78 is 0. The van der Waals surface area contributed by atoms with Crippen molar-refractivity contribution in [3.05, 3.63) is 47.3 Å². The van der Waals surface area contributed by atoms with Crippen LogP contribution in [0.15, 0.2) is 30.5 Å². The van der Waals surface area contributed by atoms with Crippen LogP contribution in [0.2, 0.25) is 0 Å². The maximum atomic E-state index is 5.65. The van der Waals surface area contributed by atoms with Crippen LogP contribution in [-0.2, 0) is 13.0 Å². The van der Waals surface area contributed by atoms with Gasteiger partial charge in [-0.3, -0.25) is 0 Å². The molecular weight excluding hydrogens is 210 g/mol. The first-order chi connectivity index (χ1) is 8.24. The Labute approximate surface area is 102 Å². The lowest BCUT2D eigenvalue weighted by Crippen LogP contribution is -2.05. The van der Waals surface area contributed by atoms with Crippen molar-refractivity contribution >= 4 is 0 Å². The lowest BCUT2D eigenvalue weighted by molar-refractivity contribution is 0.919. The van der Waals surface area contributed by atoms with Crippen LogP contribution >= 0.6 is 0 Å². The molecule has 2 rings (SSSR count). The Morgan fingerprint density at radius 2 is 1.88 bits per heavy atom. The number of benzene rings is 1. The second kappa shape index (κ2) is 5.06. The third-order valence-corrected chi connectivity index (χ3v) is 2.82. The zero-order valence-electron chi connectivity index (χ0n) is 10.3. The van der Waals surface area contributed by atoms with Crippen LogP contribution in [0, 0.1) is 6.92 Å². The topological polar surface area (TPSA) is 51.8 Å². The fourth-order valence-corrected chi connectivity index (χ4v) is 1.76. The molecule has 3 heteroatoms. The molecule has 0 bridgehead atoms. The third-order valence-electron chi connectivity index (χ3n) is 2.82. The highest BCUT2D eigenvalue weighted by molar-refractivity contribution is 5.55. The summed E-state index contributed by atoms with van der Waals surface area (Å²) in [6.45, 7) is 4.65. The van der Waals surface area contributed by atoms with E-state index in [9.17, 15) is 0 Å². The Morgan fingerprint density at radius 3 is 2.47 bits per heavy atom. The van der Waals surface area contributed by atoms with Crippen molar-refractivity contribution in [2.24, 2.45) is 5.73 Å². The lowest BCUT2D eigenvalue weighted by atomic mass is 10.1. The maximum Gasteiger partial charge on any atom is 0.159 e. The molecule has 3 nitrogen and oxygen atoms in total. The molecule has 17 heavy (non-hydrogen) atoms. The minimum absolute atomic E-state index is 0.497. The van der Waals surface area contributed by atoms with E-state index in [1.54, 1.807) is 0 Å². The average molecular weight is 227 g/mol. The number of rotatable bonds is 3. The molecule has 2 aromatic rings. The molecule has 1 aromatic carbocycles. The second-order valence-corrected chi connectivity index (χ2v) is 4.09. The normalized spacial score (nSPS) is 10.5. The van der Waals surface area contributed by atoms with Gasteiger partial charge >= 0.3 is 0 Å². The van der Waals surface area contributed by atoms with Gasteiger partial charge in [0.1, 0.15) is 0 Å². The molecule has 2 N–H and O–H groups in total. The summed E-state index contributed by atoms with van der Waals surface area (Å²) in [6, 6.07) is 8.24. The number of hydrogen-bond acceptors (Lipinski definition) is 3. The number of aromatic nitrogens is 2. The van der Waals surface area contributed by atoms with Gasteiger partial charge in [-0.15, -0.1) is 0 Å². The largest absolute Gasteiger partial charge is 0.326 e. The standard InChI is InChI=1S/C14H17N3/c1-3-13-12(8-15)9-16-14(17-13)11-6-4-10(2)5-7-11/h4-7,9H,3,8,15H2,1-2H3. The summed E-state index contributed by atoms with van der Waals surface area (Å²) in [5.74, 6) is 0.777. The van der Waals surface area contributed by atoms with Gasteiger partial charge in [0, 0.05) is 29.6 Å². The molecule has 0 atom stereocenters. The first-order valence-electron chi connectivity index (χ1n) is 5.86. The maximum absolute atomic E-state index is 5.65. The van der Waals surface area contributed by atoms with Crippen LogP contribution in [0.25, 0.3) is 11.4 Å². The monoisotopic (exact) mass is 227 g/mol. The zero-order chi connectivity index (χ0) is 12.3. The van der Waals surface area contributed by atoms with Crippen LogP contribution in [0.3, 0.4) is 0 Å². The van der Waals surface area contributed by atoms with E-state index in [1.165, 1.54) is 5.56 Å². The zero-order valence-corrected chi connectivity index (χ0v) is 10.3. The highest BCUT2D eigenvalue weighted by atomic mass is 14.9. The highest BCUT2D eigenvalue weighted by Crippen LogP contribution is 2.17. The molecule has 0 aliphatic carbocycles. The van der Waals surface area contributed by atoms with Crippen LogP contribution in [0.4, 0.5) is 0 Å². The van der Waals surface area contributed by atoms with Gasteiger partial charge in [0.2, 0.25) is 0 Å². The number of nitrogens with zero attached hydrogens (tertiary/aromatic N) is 2. The average Bonchev–Trinajstić information content (AvgIpc) is 2.39. The van der Waals surface area contributed by atoms with E-state index in [4.69, 9.17) is 5.73 Å². The van der Waals surface area contributed by atoms with E-state index in [2.05, 4.69) is 35.9 Å². The van der Waals surface area contributed by atoms with Crippen LogP contribution in [0.1, 0.15) is 23.7 Å². The molecule has 0 spiro atoms. The molecule has 0 fully saturated rings. The smallest absolute Gasteiger partial charge is 0.159 e. The van der Waals surface area contributed by atoms with Gasteiger partial charge in [0.15, 0.2) is 5.82 Å². The van der Waals surface area contributed by atoms with Crippen molar-refractivity contribution in [1.82, 2.24) is 9.97 Å². The van der Waals surface area contributed by atoms with Gasteiger partial charge in [-0.1, -0.05) is 36.8 Å². The van der Waals surface area contributed by atoms with Gasteiger partial charge in [-0.2, -0.15) is 0 Å². The third kappa shape index (κ3) is 2.50. The molecular formula is C14H17N3. The quantitative estimate of drug-likeness (QED) is 0.876. The highest BCUT2D eigenvalue weighted by Gasteiger charge is 2.06. The second-order valence-electron chi connectivity index (χ2n) is 4.09. The van der Waals surface area contributed by atoms with E-state index in [-0.39, 0.29) is 0 Å². The molecule has 0 aliphatic heterocycles. The predicted octanol–water partition coefficient (Wildman–Crippen LogP) is 2.47. The molecule has 88 valence electrons. The van der Waals surface area contributed by atoms with E-state index in [0.29, 0.717) is 6.54 Å². The van der Waals surface area contributed by atoms with Gasteiger partial charge in [0.05, 0.1) is 0 Å². The lowest BCUT2D eigenvalue weighted by Gasteiger charge is -2.07. The Morgan fingerprint density at radius 1 is 1.18 bits per heavy atom. The van der Waals surface area contributed by atoms with Gasteiger partial charge in [-0.25, -0.2) is 9.97 Å². The van der Waals surface area contributed by atoms with Crippen molar-refractivity contribution < 1.29 is 0 Å². The van der Waals surface area contributed by atoms with E-state index < -0.39 is 0 Å². The SMILES string of the molecule is CCc1nc(-c2ccc(C)cc2)ncc1CN. The molecule has 1 aromatic heterocycles. The van der Waals surface area contributed by atoms with Crippen molar-refractivity contribution in [1.29, 1.82) is 0 Å². The van der Waals surface area contributed by atoms with Crippen molar-refractivity contribution in [2.75, 3.05) is 0 Å². The first kappa shape index (κ1) is 11.7. The summed E-state index contributed by atoms with van der Waals surface area (Å²) in [4.78, 5) is 8.94. The Hall–Kier alpha value is -1.74. The molecule has 0 amide bonds. The van der Waals surface area contributed by atoms with Gasteiger partial charge < -0.3 is 5.73 Å². The predicted molar refractivity (Wildman–Crippen MR) is 69.5 cm³/mol. The van der Waals surface area contributed by atoms with E-state index in [1.807, 2.05) is 18.3 Å². The van der Waals surface area contributed by atoms with Crippen molar-refractivity contribution in [2.45, 2.75) is 26.8 Å². The minimum Gasteiger partial charge on any atom is -0.326 e. The number of aryl methyl sites for hydroxylation is 2. The van der Waals surface area contributed by atoms with Crippen LogP contribution < -0.4 is 5.73 Å². The fraction of sp³-hybridized carbons (Fsp3) is 0.286. The molecule has 0 aliphatic rings. The Bertz CT molecular complexity index is 503. The van der Waals surface area contributed by atoms with Crippen molar-refractivity contribution in [3.63, 3.8) is 0 Å². The molecule has 0 radical (unpaired) electrons. The summed E-state index contributed by atoms with van der Waals surface area (Å²) in [5.41, 5.74) is 10.0.